The molecule has 3 atom stereocenters. The maximum atomic E-state index is 12.8. The number of rotatable bonds is 4. The fourth-order valence-corrected chi connectivity index (χ4v) is 3.55. The Hall–Kier alpha value is -2.52. The molecule has 1 saturated heterocycles. The topological polar surface area (TPSA) is 106 Å². The normalized spacial score (nSPS) is 25.5. The molecule has 1 aliphatic carbocycles. The molecule has 2 heterocycles. The third-order valence-corrected chi connectivity index (χ3v) is 4.76. The minimum absolute atomic E-state index is 0.0699. The molecule has 3 N–H and O–H groups in total. The van der Waals surface area contributed by atoms with Crippen LogP contribution in [0, 0.1) is 5.92 Å². The van der Waals surface area contributed by atoms with Gasteiger partial charge in [0.25, 0.3) is 0 Å². The molecule has 2 aliphatic rings. The molecular formula is C15H19N7O2. The Morgan fingerprint density at radius 3 is 3.08 bits per heavy atom. The Balaban J connectivity index is 1.60. The van der Waals surface area contributed by atoms with Crippen LogP contribution in [0.3, 0.4) is 0 Å². The number of hydrogen-bond acceptors (Lipinski definition) is 7. The number of anilines is 1. The summed E-state index contributed by atoms with van der Waals surface area (Å²) in [6, 6.07) is 5.51. The van der Waals surface area contributed by atoms with Crippen LogP contribution >= 0.6 is 0 Å². The average molecular weight is 329 g/mol. The molecule has 9 nitrogen and oxygen atoms in total. The summed E-state index contributed by atoms with van der Waals surface area (Å²) in [6.07, 6.45) is 4.81. The van der Waals surface area contributed by atoms with Crippen LogP contribution in [0.4, 0.5) is 5.69 Å². The fourth-order valence-electron chi connectivity index (χ4n) is 3.55. The van der Waals surface area contributed by atoms with Gasteiger partial charge in [0.1, 0.15) is 18.1 Å². The number of nitrogens with zero attached hydrogens (tertiary/aromatic N) is 4. The Kier molecular flexibility index (Phi) is 3.87. The summed E-state index contributed by atoms with van der Waals surface area (Å²) in [5.74, 6) is 0.907. The predicted octanol–water partition coefficient (Wildman–Crippen LogP) is 0.254. The highest BCUT2D eigenvalue weighted by molar-refractivity contribution is 5.97. The first-order valence-electron chi connectivity index (χ1n) is 7.99. The summed E-state index contributed by atoms with van der Waals surface area (Å²) in [4.78, 5) is 12.8. The third-order valence-electron chi connectivity index (χ3n) is 4.76. The van der Waals surface area contributed by atoms with Gasteiger partial charge in [0.2, 0.25) is 5.91 Å². The first-order chi connectivity index (χ1) is 11.8. The fraction of sp³-hybridized carbons (Fsp3) is 0.467. The van der Waals surface area contributed by atoms with Gasteiger partial charge < -0.3 is 10.1 Å². The van der Waals surface area contributed by atoms with E-state index in [1.165, 1.54) is 11.0 Å². The van der Waals surface area contributed by atoms with Crippen molar-refractivity contribution in [2.75, 3.05) is 12.4 Å². The first kappa shape index (κ1) is 15.0. The number of nitrogens with one attached hydrogen (secondary N) is 3. The molecule has 0 bridgehead atoms. The maximum Gasteiger partial charge on any atom is 0.243 e. The second-order valence-corrected chi connectivity index (χ2v) is 6.09. The largest absolute Gasteiger partial charge is 0.497 e. The van der Waals surface area contributed by atoms with Crippen LogP contribution in [-0.4, -0.2) is 45.3 Å². The minimum atomic E-state index is -0.245. The highest BCUT2D eigenvalue weighted by atomic mass is 16.5. The summed E-state index contributed by atoms with van der Waals surface area (Å²) in [6.45, 7) is 0. The van der Waals surface area contributed by atoms with Gasteiger partial charge in [0, 0.05) is 18.0 Å². The van der Waals surface area contributed by atoms with E-state index in [2.05, 4.69) is 31.7 Å². The minimum Gasteiger partial charge on any atom is -0.497 e. The summed E-state index contributed by atoms with van der Waals surface area (Å²) in [7, 11) is 1.59. The van der Waals surface area contributed by atoms with Gasteiger partial charge in [-0.3, -0.25) is 10.2 Å². The SMILES string of the molecule is COc1ccc(-n2cnnn2)c(NC(=O)C2NNC3CCCC32)c1. The number of tetrazole rings is 1. The smallest absolute Gasteiger partial charge is 0.243 e. The third kappa shape index (κ3) is 2.61. The van der Waals surface area contributed by atoms with Crippen LogP contribution in [0.1, 0.15) is 19.3 Å². The Bertz CT molecular complexity index is 733. The Labute approximate surface area is 138 Å². The molecule has 1 aliphatic heterocycles. The maximum absolute atomic E-state index is 12.8. The lowest BCUT2D eigenvalue weighted by Gasteiger charge is -2.18. The van der Waals surface area contributed by atoms with Crippen molar-refractivity contribution in [3.63, 3.8) is 0 Å². The number of carbonyl (C=O) groups is 1. The zero-order chi connectivity index (χ0) is 16.5. The predicted molar refractivity (Wildman–Crippen MR) is 85.5 cm³/mol. The van der Waals surface area contributed by atoms with Crippen molar-refractivity contribution in [1.82, 2.24) is 31.1 Å². The molecule has 24 heavy (non-hydrogen) atoms. The molecule has 3 unspecified atom stereocenters. The first-order valence-corrected chi connectivity index (χ1v) is 7.99. The van der Waals surface area contributed by atoms with Crippen molar-refractivity contribution in [1.29, 1.82) is 0 Å². The molecule has 126 valence electrons. The molecule has 0 spiro atoms. The van der Waals surface area contributed by atoms with Gasteiger partial charge in [-0.05, 0) is 35.4 Å². The van der Waals surface area contributed by atoms with Crippen LogP contribution in [-0.2, 0) is 4.79 Å². The molecule has 1 aromatic heterocycles. The molecule has 2 fully saturated rings. The monoisotopic (exact) mass is 329 g/mol. The van der Waals surface area contributed by atoms with Gasteiger partial charge >= 0.3 is 0 Å². The zero-order valence-corrected chi connectivity index (χ0v) is 13.3. The number of benzene rings is 1. The van der Waals surface area contributed by atoms with Gasteiger partial charge in [-0.25, -0.2) is 5.43 Å². The Morgan fingerprint density at radius 2 is 2.29 bits per heavy atom. The number of hydrogen-bond donors (Lipinski definition) is 3. The summed E-state index contributed by atoms with van der Waals surface area (Å²) < 4.78 is 6.77. The van der Waals surface area contributed by atoms with E-state index in [0.29, 0.717) is 29.1 Å². The van der Waals surface area contributed by atoms with Crippen molar-refractivity contribution in [3.05, 3.63) is 24.5 Å². The molecule has 1 amide bonds. The van der Waals surface area contributed by atoms with E-state index in [1.807, 2.05) is 6.07 Å². The van der Waals surface area contributed by atoms with E-state index >= 15 is 0 Å². The zero-order valence-electron chi connectivity index (χ0n) is 13.3. The standard InChI is InChI=1S/C15H19N7O2/c1-24-9-5-6-13(22-8-16-20-21-22)12(7-9)17-15(23)14-10-3-2-4-11(10)18-19-14/h5-8,10-11,14,18-19H,2-4H2,1H3,(H,17,23). The Morgan fingerprint density at radius 1 is 1.38 bits per heavy atom. The number of carbonyl (C=O) groups excluding carboxylic acids is 1. The number of fused-ring (bicyclic) bond motifs is 1. The van der Waals surface area contributed by atoms with Crippen molar-refractivity contribution < 1.29 is 9.53 Å². The van der Waals surface area contributed by atoms with Crippen molar-refractivity contribution in [3.8, 4) is 11.4 Å². The van der Waals surface area contributed by atoms with Crippen molar-refractivity contribution >= 4 is 11.6 Å². The second-order valence-electron chi connectivity index (χ2n) is 6.09. The lowest BCUT2D eigenvalue weighted by atomic mass is 9.96. The molecule has 1 saturated carbocycles. The number of ether oxygens (including phenoxy) is 1. The van der Waals surface area contributed by atoms with E-state index in [9.17, 15) is 4.79 Å². The second kappa shape index (κ2) is 6.17. The molecule has 0 radical (unpaired) electrons. The van der Waals surface area contributed by atoms with Gasteiger partial charge in [-0.1, -0.05) is 6.42 Å². The van der Waals surface area contributed by atoms with E-state index in [1.54, 1.807) is 19.2 Å². The lowest BCUT2D eigenvalue weighted by Crippen LogP contribution is -2.42. The molecule has 2 aromatic rings. The number of aromatic nitrogens is 4. The van der Waals surface area contributed by atoms with Crippen LogP contribution in [0.5, 0.6) is 5.75 Å². The lowest BCUT2D eigenvalue weighted by molar-refractivity contribution is -0.118. The van der Waals surface area contributed by atoms with E-state index in [4.69, 9.17) is 4.74 Å². The quantitative estimate of drug-likeness (QED) is 0.738. The van der Waals surface area contributed by atoms with Crippen LogP contribution in [0.2, 0.25) is 0 Å². The summed E-state index contributed by atoms with van der Waals surface area (Å²) in [5, 5.41) is 14.2. The van der Waals surface area contributed by atoms with Crippen LogP contribution in [0.15, 0.2) is 24.5 Å². The van der Waals surface area contributed by atoms with E-state index in [-0.39, 0.29) is 11.9 Å². The summed E-state index contributed by atoms with van der Waals surface area (Å²) >= 11 is 0. The van der Waals surface area contributed by atoms with Gasteiger partial charge in [-0.2, -0.15) is 4.68 Å². The highest BCUT2D eigenvalue weighted by Gasteiger charge is 2.42. The number of hydrazine groups is 1. The number of methoxy groups -OCH3 is 1. The summed E-state index contributed by atoms with van der Waals surface area (Å²) in [5.41, 5.74) is 7.64. The molecule has 4 rings (SSSR count). The molecule has 9 heteroatoms. The van der Waals surface area contributed by atoms with E-state index < -0.39 is 0 Å². The van der Waals surface area contributed by atoms with Crippen LogP contribution in [0.25, 0.3) is 5.69 Å². The van der Waals surface area contributed by atoms with E-state index in [0.717, 1.165) is 19.3 Å². The van der Waals surface area contributed by atoms with Crippen molar-refractivity contribution in [2.45, 2.75) is 31.3 Å². The molecule has 1 aromatic carbocycles. The average Bonchev–Trinajstić information content (AvgIpc) is 3.32. The van der Waals surface area contributed by atoms with Crippen molar-refractivity contribution in [2.24, 2.45) is 5.92 Å². The van der Waals surface area contributed by atoms with Gasteiger partial charge in [0.05, 0.1) is 18.5 Å². The highest BCUT2D eigenvalue weighted by Crippen LogP contribution is 2.32. The van der Waals surface area contributed by atoms with Gasteiger partial charge in [-0.15, -0.1) is 5.10 Å². The van der Waals surface area contributed by atoms with Gasteiger partial charge in [0.15, 0.2) is 0 Å². The van der Waals surface area contributed by atoms with Crippen LogP contribution < -0.4 is 20.9 Å². The number of amides is 1. The molecular weight excluding hydrogens is 310 g/mol.